The number of carboxylic acids is 1. The fourth-order valence-electron chi connectivity index (χ4n) is 2.84. The van der Waals surface area contributed by atoms with Crippen LogP contribution < -0.4 is 5.32 Å². The number of aliphatic carboxylic acids is 1. The van der Waals surface area contributed by atoms with E-state index in [0.29, 0.717) is 37.5 Å². The quantitative estimate of drug-likeness (QED) is 0.835. The third-order valence-electron chi connectivity index (χ3n) is 4.17. The van der Waals surface area contributed by atoms with Crippen molar-refractivity contribution in [2.24, 2.45) is 5.92 Å². The lowest BCUT2D eigenvalue weighted by atomic mass is 9.89. The summed E-state index contributed by atoms with van der Waals surface area (Å²) in [4.78, 5) is 23.8. The Morgan fingerprint density at radius 1 is 1.30 bits per heavy atom. The second kappa shape index (κ2) is 7.79. The zero-order valence-electron chi connectivity index (χ0n) is 13.2. The average molecular weight is 340 g/mol. The van der Waals surface area contributed by atoms with Crippen LogP contribution in [-0.4, -0.2) is 35.7 Å². The Morgan fingerprint density at radius 2 is 1.91 bits per heavy atom. The van der Waals surface area contributed by atoms with Crippen LogP contribution >= 0.6 is 11.6 Å². The van der Waals surface area contributed by atoms with Crippen molar-refractivity contribution >= 4 is 23.5 Å². The first-order valence-corrected chi connectivity index (χ1v) is 8.16. The van der Waals surface area contributed by atoms with Gasteiger partial charge in [-0.05, 0) is 30.0 Å². The Kier molecular flexibility index (Phi) is 6.02. The number of benzene rings is 1. The normalized spacial score (nSPS) is 18.2. The molecule has 0 saturated carbocycles. The van der Waals surface area contributed by atoms with E-state index >= 15 is 0 Å². The van der Waals surface area contributed by atoms with Crippen molar-refractivity contribution in [1.29, 1.82) is 0 Å². The van der Waals surface area contributed by atoms with E-state index in [1.54, 1.807) is 0 Å². The van der Waals surface area contributed by atoms with Crippen LogP contribution in [0.25, 0.3) is 0 Å². The Labute approximate surface area is 141 Å². The smallest absolute Gasteiger partial charge is 0.329 e. The molecular formula is C17H22ClNO4. The predicted octanol–water partition coefficient (Wildman–Crippen LogP) is 2.66. The van der Waals surface area contributed by atoms with E-state index in [9.17, 15) is 14.7 Å². The third-order valence-corrected chi connectivity index (χ3v) is 4.42. The minimum atomic E-state index is -1.19. The zero-order chi connectivity index (χ0) is 16.9. The summed E-state index contributed by atoms with van der Waals surface area (Å²) in [5, 5.41) is 12.9. The summed E-state index contributed by atoms with van der Waals surface area (Å²) in [6.45, 7) is 2.69. The molecule has 1 unspecified atom stereocenters. The van der Waals surface area contributed by atoms with Gasteiger partial charge in [-0.2, -0.15) is 0 Å². The Balaban J connectivity index is 1.89. The standard InChI is InChI=1S/C17H22ClNO4/c1-12(10-13-2-4-14(18)5-3-13)11-15(20)19-17(16(21)22)6-8-23-9-7-17/h2-5,12H,6-11H2,1H3,(H,19,20)(H,21,22). The molecule has 0 radical (unpaired) electrons. The number of carboxylic acid groups (broad SMARTS) is 1. The summed E-state index contributed by atoms with van der Waals surface area (Å²) in [7, 11) is 0. The minimum absolute atomic E-state index is 0.113. The highest BCUT2D eigenvalue weighted by Crippen LogP contribution is 2.22. The highest BCUT2D eigenvalue weighted by Gasteiger charge is 2.41. The Bertz CT molecular complexity index is 552. The number of amides is 1. The minimum Gasteiger partial charge on any atom is -0.480 e. The lowest BCUT2D eigenvalue weighted by Crippen LogP contribution is -2.57. The summed E-state index contributed by atoms with van der Waals surface area (Å²) in [6.07, 6.45) is 1.64. The van der Waals surface area contributed by atoms with Crippen molar-refractivity contribution < 1.29 is 19.4 Å². The van der Waals surface area contributed by atoms with Crippen LogP contribution in [0.4, 0.5) is 0 Å². The molecule has 1 heterocycles. The molecule has 1 fully saturated rings. The monoisotopic (exact) mass is 339 g/mol. The largest absolute Gasteiger partial charge is 0.480 e. The SMILES string of the molecule is CC(CC(=O)NC1(C(=O)O)CCOCC1)Cc1ccc(Cl)cc1. The van der Waals surface area contributed by atoms with E-state index in [0.717, 1.165) is 12.0 Å². The summed E-state index contributed by atoms with van der Waals surface area (Å²) in [5.41, 5.74) is -0.0799. The van der Waals surface area contributed by atoms with Gasteiger partial charge in [-0.1, -0.05) is 30.7 Å². The van der Waals surface area contributed by atoms with Gasteiger partial charge in [0.1, 0.15) is 5.54 Å². The summed E-state index contributed by atoms with van der Waals surface area (Å²) in [6, 6.07) is 7.53. The van der Waals surface area contributed by atoms with Crippen LogP contribution in [0.3, 0.4) is 0 Å². The molecule has 2 N–H and O–H groups in total. The molecule has 1 atom stereocenters. The molecule has 0 spiro atoms. The van der Waals surface area contributed by atoms with Crippen LogP contribution in [0.1, 0.15) is 31.7 Å². The van der Waals surface area contributed by atoms with Gasteiger partial charge in [-0.15, -0.1) is 0 Å². The van der Waals surface area contributed by atoms with Gasteiger partial charge in [0.25, 0.3) is 0 Å². The van der Waals surface area contributed by atoms with Crippen molar-refractivity contribution in [3.05, 3.63) is 34.9 Å². The predicted molar refractivity (Wildman–Crippen MR) is 87.5 cm³/mol. The molecule has 126 valence electrons. The average Bonchev–Trinajstić information content (AvgIpc) is 2.50. The molecule has 1 aliphatic rings. The number of nitrogens with one attached hydrogen (secondary N) is 1. The molecule has 23 heavy (non-hydrogen) atoms. The molecule has 1 aromatic carbocycles. The number of halogens is 1. The van der Waals surface area contributed by atoms with Crippen LogP contribution in [0.15, 0.2) is 24.3 Å². The Hall–Kier alpha value is -1.59. The van der Waals surface area contributed by atoms with Crippen molar-refractivity contribution in [2.45, 2.75) is 38.1 Å². The van der Waals surface area contributed by atoms with Crippen molar-refractivity contribution in [2.75, 3.05) is 13.2 Å². The molecule has 6 heteroatoms. The molecule has 1 saturated heterocycles. The molecule has 5 nitrogen and oxygen atoms in total. The van der Waals surface area contributed by atoms with Crippen LogP contribution in [-0.2, 0) is 20.7 Å². The number of carbonyl (C=O) groups is 2. The van der Waals surface area contributed by atoms with Crippen molar-refractivity contribution in [1.82, 2.24) is 5.32 Å². The highest BCUT2D eigenvalue weighted by atomic mass is 35.5. The first-order chi connectivity index (χ1) is 10.9. The van der Waals surface area contributed by atoms with Gasteiger partial charge in [0, 0.05) is 37.5 Å². The molecule has 1 aliphatic heterocycles. The van der Waals surface area contributed by atoms with E-state index in [4.69, 9.17) is 16.3 Å². The van der Waals surface area contributed by atoms with Gasteiger partial charge in [0.05, 0.1) is 0 Å². The third kappa shape index (κ3) is 4.94. The molecule has 2 rings (SSSR count). The van der Waals surface area contributed by atoms with E-state index in [1.165, 1.54) is 0 Å². The van der Waals surface area contributed by atoms with Crippen LogP contribution in [0, 0.1) is 5.92 Å². The topological polar surface area (TPSA) is 75.6 Å². The maximum Gasteiger partial charge on any atom is 0.329 e. The second-order valence-electron chi connectivity index (χ2n) is 6.19. The van der Waals surface area contributed by atoms with Crippen molar-refractivity contribution in [3.8, 4) is 0 Å². The van der Waals surface area contributed by atoms with E-state index in [-0.39, 0.29) is 11.8 Å². The summed E-state index contributed by atoms with van der Waals surface area (Å²) in [5.74, 6) is -1.10. The molecule has 0 aliphatic carbocycles. The van der Waals surface area contributed by atoms with Gasteiger partial charge in [-0.3, -0.25) is 4.79 Å². The van der Waals surface area contributed by atoms with Crippen LogP contribution in [0.5, 0.6) is 0 Å². The molecule has 0 aromatic heterocycles. The Morgan fingerprint density at radius 3 is 2.48 bits per heavy atom. The fraction of sp³-hybridized carbons (Fsp3) is 0.529. The molecule has 1 amide bonds. The van der Waals surface area contributed by atoms with Crippen molar-refractivity contribution in [3.63, 3.8) is 0 Å². The lowest BCUT2D eigenvalue weighted by Gasteiger charge is -2.34. The zero-order valence-corrected chi connectivity index (χ0v) is 13.9. The number of ether oxygens (including phenoxy) is 1. The van der Waals surface area contributed by atoms with E-state index < -0.39 is 11.5 Å². The van der Waals surface area contributed by atoms with Gasteiger partial charge in [0.2, 0.25) is 5.91 Å². The van der Waals surface area contributed by atoms with Gasteiger partial charge in [-0.25, -0.2) is 4.79 Å². The molecular weight excluding hydrogens is 318 g/mol. The summed E-state index contributed by atoms with van der Waals surface area (Å²) < 4.78 is 5.20. The second-order valence-corrected chi connectivity index (χ2v) is 6.62. The van der Waals surface area contributed by atoms with Gasteiger partial charge < -0.3 is 15.2 Å². The number of rotatable bonds is 6. The highest BCUT2D eigenvalue weighted by molar-refractivity contribution is 6.30. The maximum atomic E-state index is 12.2. The lowest BCUT2D eigenvalue weighted by molar-refractivity contribution is -0.152. The first kappa shape index (κ1) is 17.8. The van der Waals surface area contributed by atoms with E-state index in [1.807, 2.05) is 31.2 Å². The first-order valence-electron chi connectivity index (χ1n) is 7.78. The maximum absolute atomic E-state index is 12.2. The fourth-order valence-corrected chi connectivity index (χ4v) is 2.97. The van der Waals surface area contributed by atoms with Gasteiger partial charge >= 0.3 is 5.97 Å². The number of hydrogen-bond donors (Lipinski definition) is 2. The van der Waals surface area contributed by atoms with E-state index in [2.05, 4.69) is 5.32 Å². The van der Waals surface area contributed by atoms with Gasteiger partial charge in [0.15, 0.2) is 0 Å². The molecule has 0 bridgehead atoms. The van der Waals surface area contributed by atoms with Crippen LogP contribution in [0.2, 0.25) is 5.02 Å². The number of carbonyl (C=O) groups excluding carboxylic acids is 1. The molecule has 1 aromatic rings. The summed E-state index contributed by atoms with van der Waals surface area (Å²) >= 11 is 5.86. The number of hydrogen-bond acceptors (Lipinski definition) is 3.